The van der Waals surface area contributed by atoms with Crippen molar-refractivity contribution < 1.29 is 4.79 Å². The lowest BCUT2D eigenvalue weighted by atomic mass is 10.1. The molecule has 1 aliphatic heterocycles. The Kier molecular flexibility index (Phi) is 7.25. The summed E-state index contributed by atoms with van der Waals surface area (Å²) in [5.74, 6) is 0.983. The summed E-state index contributed by atoms with van der Waals surface area (Å²) < 4.78 is 0. The fourth-order valence-electron chi connectivity index (χ4n) is 3.51. The Balaban J connectivity index is 1.50. The summed E-state index contributed by atoms with van der Waals surface area (Å²) in [5, 5.41) is 6.72. The van der Waals surface area contributed by atoms with Crippen molar-refractivity contribution in [1.29, 1.82) is 0 Å². The third-order valence-electron chi connectivity index (χ3n) is 4.96. The number of nitrogens with zero attached hydrogens (tertiary/aromatic N) is 3. The van der Waals surface area contributed by atoms with Gasteiger partial charge in [-0.25, -0.2) is 0 Å². The number of hydrogen-bond donors (Lipinski definition) is 2. The van der Waals surface area contributed by atoms with Crippen LogP contribution in [-0.4, -0.2) is 44.5 Å². The number of nitrogens with one attached hydrogen (secondary N) is 2. The number of anilines is 1. The van der Waals surface area contributed by atoms with Gasteiger partial charge in [0, 0.05) is 45.3 Å². The average molecular weight is 394 g/mol. The van der Waals surface area contributed by atoms with E-state index in [2.05, 4.69) is 71.0 Å². The standard InChI is InChI=1S/C23H31N5O/c1-24-23(26-16-19-6-4-7-20(14-19)17-27(2)3)25-15-18-9-11-21(12-10-18)28-13-5-8-22(28)29/h4,6-7,9-12,14H,5,8,13,15-17H2,1-3H3,(H2,24,25,26). The molecule has 154 valence electrons. The lowest BCUT2D eigenvalue weighted by Gasteiger charge is -2.16. The first-order valence-corrected chi connectivity index (χ1v) is 10.1. The summed E-state index contributed by atoms with van der Waals surface area (Å²) >= 11 is 0. The molecule has 0 atom stereocenters. The Morgan fingerprint density at radius 3 is 2.34 bits per heavy atom. The SMILES string of the molecule is CN=C(NCc1ccc(N2CCCC2=O)cc1)NCc1cccc(CN(C)C)c1. The van der Waals surface area contributed by atoms with E-state index in [9.17, 15) is 4.79 Å². The molecule has 0 unspecified atom stereocenters. The molecule has 2 aromatic rings. The molecular formula is C23H31N5O. The zero-order valence-corrected chi connectivity index (χ0v) is 17.6. The minimum absolute atomic E-state index is 0.218. The van der Waals surface area contributed by atoms with E-state index in [1.54, 1.807) is 7.05 Å². The summed E-state index contributed by atoms with van der Waals surface area (Å²) in [6, 6.07) is 16.8. The first-order chi connectivity index (χ1) is 14.0. The van der Waals surface area contributed by atoms with Gasteiger partial charge >= 0.3 is 0 Å². The van der Waals surface area contributed by atoms with Gasteiger partial charge in [0.05, 0.1) is 0 Å². The Hall–Kier alpha value is -2.86. The molecule has 0 aromatic heterocycles. The van der Waals surface area contributed by atoms with Crippen molar-refractivity contribution in [3.63, 3.8) is 0 Å². The molecule has 1 saturated heterocycles. The monoisotopic (exact) mass is 393 g/mol. The van der Waals surface area contributed by atoms with Crippen LogP contribution in [0, 0.1) is 0 Å². The molecule has 1 aliphatic rings. The van der Waals surface area contributed by atoms with Crippen LogP contribution in [-0.2, 0) is 24.4 Å². The predicted molar refractivity (Wildman–Crippen MR) is 119 cm³/mol. The van der Waals surface area contributed by atoms with Crippen LogP contribution in [0.3, 0.4) is 0 Å². The van der Waals surface area contributed by atoms with Gasteiger partial charge in [0.1, 0.15) is 0 Å². The number of carbonyl (C=O) groups excluding carboxylic acids is 1. The predicted octanol–water partition coefficient (Wildman–Crippen LogP) is 2.74. The lowest BCUT2D eigenvalue weighted by Crippen LogP contribution is -2.36. The fraction of sp³-hybridized carbons (Fsp3) is 0.391. The number of benzene rings is 2. The molecule has 6 heteroatoms. The lowest BCUT2D eigenvalue weighted by molar-refractivity contribution is -0.117. The molecule has 2 aromatic carbocycles. The molecule has 6 nitrogen and oxygen atoms in total. The van der Waals surface area contributed by atoms with E-state index in [1.807, 2.05) is 17.0 Å². The highest BCUT2D eigenvalue weighted by atomic mass is 16.2. The van der Waals surface area contributed by atoms with Crippen LogP contribution in [0.5, 0.6) is 0 Å². The van der Waals surface area contributed by atoms with E-state index in [0.717, 1.165) is 43.3 Å². The topological polar surface area (TPSA) is 60.0 Å². The van der Waals surface area contributed by atoms with Gasteiger partial charge in [-0.2, -0.15) is 0 Å². The maximum Gasteiger partial charge on any atom is 0.227 e. The van der Waals surface area contributed by atoms with Crippen molar-refractivity contribution in [2.24, 2.45) is 4.99 Å². The first kappa shape index (κ1) is 20.9. The molecule has 0 bridgehead atoms. The normalized spacial score (nSPS) is 14.6. The number of amides is 1. The van der Waals surface area contributed by atoms with Crippen molar-refractivity contribution in [1.82, 2.24) is 15.5 Å². The van der Waals surface area contributed by atoms with Crippen LogP contribution < -0.4 is 15.5 Å². The van der Waals surface area contributed by atoms with E-state index < -0.39 is 0 Å². The minimum atomic E-state index is 0.218. The van der Waals surface area contributed by atoms with Crippen LogP contribution in [0.25, 0.3) is 0 Å². The van der Waals surface area contributed by atoms with Crippen LogP contribution >= 0.6 is 0 Å². The third kappa shape index (κ3) is 6.06. The Morgan fingerprint density at radius 1 is 1.03 bits per heavy atom. The van der Waals surface area contributed by atoms with Gasteiger partial charge in [-0.15, -0.1) is 0 Å². The zero-order chi connectivity index (χ0) is 20.6. The number of aliphatic imine (C=N–C) groups is 1. The molecule has 0 aliphatic carbocycles. The molecule has 1 fully saturated rings. The molecule has 2 N–H and O–H groups in total. The summed E-state index contributed by atoms with van der Waals surface area (Å²) in [5.41, 5.74) is 4.66. The number of guanidine groups is 1. The second kappa shape index (κ2) is 10.1. The first-order valence-electron chi connectivity index (χ1n) is 10.1. The van der Waals surface area contributed by atoms with Crippen molar-refractivity contribution in [3.05, 3.63) is 65.2 Å². The van der Waals surface area contributed by atoms with Gasteiger partial charge in [0.15, 0.2) is 5.96 Å². The maximum atomic E-state index is 11.9. The third-order valence-corrected chi connectivity index (χ3v) is 4.96. The van der Waals surface area contributed by atoms with E-state index >= 15 is 0 Å². The van der Waals surface area contributed by atoms with Crippen LogP contribution in [0.2, 0.25) is 0 Å². The largest absolute Gasteiger partial charge is 0.352 e. The van der Waals surface area contributed by atoms with Crippen LogP contribution in [0.1, 0.15) is 29.5 Å². The second-order valence-electron chi connectivity index (χ2n) is 7.65. The van der Waals surface area contributed by atoms with Gasteiger partial charge in [0.25, 0.3) is 0 Å². The highest BCUT2D eigenvalue weighted by molar-refractivity contribution is 5.95. The van der Waals surface area contributed by atoms with Crippen molar-refractivity contribution in [2.45, 2.75) is 32.5 Å². The molecule has 1 heterocycles. The number of hydrogen-bond acceptors (Lipinski definition) is 3. The van der Waals surface area contributed by atoms with Crippen LogP contribution in [0.4, 0.5) is 5.69 Å². The number of rotatable bonds is 7. The van der Waals surface area contributed by atoms with Crippen molar-refractivity contribution >= 4 is 17.6 Å². The van der Waals surface area contributed by atoms with Gasteiger partial charge in [-0.05, 0) is 49.3 Å². The molecule has 29 heavy (non-hydrogen) atoms. The Bertz CT molecular complexity index is 845. The maximum absolute atomic E-state index is 11.9. The van der Waals surface area contributed by atoms with Gasteiger partial charge < -0.3 is 20.4 Å². The molecule has 1 amide bonds. The van der Waals surface area contributed by atoms with Gasteiger partial charge in [-0.1, -0.05) is 36.4 Å². The molecule has 0 spiro atoms. The zero-order valence-electron chi connectivity index (χ0n) is 17.6. The van der Waals surface area contributed by atoms with Crippen molar-refractivity contribution in [3.8, 4) is 0 Å². The summed E-state index contributed by atoms with van der Waals surface area (Å²) in [6.07, 6.45) is 1.60. The van der Waals surface area contributed by atoms with Gasteiger partial charge in [0.2, 0.25) is 5.91 Å². The van der Waals surface area contributed by atoms with Crippen molar-refractivity contribution in [2.75, 3.05) is 32.6 Å². The molecule has 3 rings (SSSR count). The molecule has 0 radical (unpaired) electrons. The fourth-order valence-corrected chi connectivity index (χ4v) is 3.51. The summed E-state index contributed by atoms with van der Waals surface area (Å²) in [7, 11) is 5.93. The quantitative estimate of drug-likeness (QED) is 0.561. The van der Waals surface area contributed by atoms with Gasteiger partial charge in [-0.3, -0.25) is 9.79 Å². The molecule has 0 saturated carbocycles. The van der Waals surface area contributed by atoms with E-state index in [1.165, 1.54) is 11.1 Å². The smallest absolute Gasteiger partial charge is 0.227 e. The minimum Gasteiger partial charge on any atom is -0.352 e. The summed E-state index contributed by atoms with van der Waals surface area (Å²) in [4.78, 5) is 20.2. The van der Waals surface area contributed by atoms with E-state index in [4.69, 9.17) is 0 Å². The Morgan fingerprint density at radius 2 is 1.72 bits per heavy atom. The van der Waals surface area contributed by atoms with Crippen LogP contribution in [0.15, 0.2) is 53.5 Å². The highest BCUT2D eigenvalue weighted by Gasteiger charge is 2.21. The highest BCUT2D eigenvalue weighted by Crippen LogP contribution is 2.21. The van der Waals surface area contributed by atoms with E-state index in [-0.39, 0.29) is 5.91 Å². The second-order valence-corrected chi connectivity index (χ2v) is 7.65. The summed E-state index contributed by atoms with van der Waals surface area (Å²) in [6.45, 7) is 3.15. The number of carbonyl (C=O) groups is 1. The Labute approximate surface area is 173 Å². The van der Waals surface area contributed by atoms with E-state index in [0.29, 0.717) is 13.0 Å². The molecular weight excluding hydrogens is 362 g/mol. The average Bonchev–Trinajstić information content (AvgIpc) is 3.14.